The van der Waals surface area contributed by atoms with Crippen molar-refractivity contribution in [2.75, 3.05) is 0 Å². The van der Waals surface area contributed by atoms with Gasteiger partial charge in [-0.1, -0.05) is 24.3 Å². The number of hydrogen-bond donors (Lipinski definition) is 1. The zero-order valence-corrected chi connectivity index (χ0v) is 9.23. The molecule has 3 aromatic rings. The molecule has 0 radical (unpaired) electrons. The van der Waals surface area contributed by atoms with E-state index in [1.54, 1.807) is 7.05 Å². The predicted molar refractivity (Wildman–Crippen MR) is 67.3 cm³/mol. The van der Waals surface area contributed by atoms with Crippen LogP contribution in [-0.4, -0.2) is 9.55 Å². The second kappa shape index (κ2) is 3.31. The van der Waals surface area contributed by atoms with Gasteiger partial charge in [-0.3, -0.25) is 14.3 Å². The van der Waals surface area contributed by atoms with Crippen molar-refractivity contribution < 1.29 is 0 Å². The third-order valence-corrected chi connectivity index (χ3v) is 3.00. The van der Waals surface area contributed by atoms with E-state index in [1.165, 1.54) is 4.57 Å². The molecule has 2 aromatic carbocycles. The molecule has 0 bridgehead atoms. The number of aromatic nitrogens is 2. The van der Waals surface area contributed by atoms with Crippen LogP contribution < -0.4 is 11.2 Å². The lowest BCUT2D eigenvalue weighted by molar-refractivity contribution is 0.843. The van der Waals surface area contributed by atoms with Crippen molar-refractivity contribution in [1.29, 1.82) is 0 Å². The maximum absolute atomic E-state index is 11.7. The van der Waals surface area contributed by atoms with E-state index in [4.69, 9.17) is 0 Å². The average Bonchev–Trinajstić information content (AvgIpc) is 2.34. The maximum Gasteiger partial charge on any atom is 0.328 e. The van der Waals surface area contributed by atoms with E-state index in [1.807, 2.05) is 36.4 Å². The van der Waals surface area contributed by atoms with Crippen molar-refractivity contribution in [2.24, 2.45) is 7.05 Å². The SMILES string of the molecule is Cn1c(=O)[nH]c(=O)c2cc3ccccc3cc21. The number of benzene rings is 2. The van der Waals surface area contributed by atoms with E-state index in [-0.39, 0.29) is 5.56 Å². The summed E-state index contributed by atoms with van der Waals surface area (Å²) in [6.07, 6.45) is 0. The fourth-order valence-corrected chi connectivity index (χ4v) is 2.05. The molecule has 0 aliphatic heterocycles. The van der Waals surface area contributed by atoms with Gasteiger partial charge in [-0.25, -0.2) is 4.79 Å². The number of nitrogens with one attached hydrogen (secondary N) is 1. The summed E-state index contributed by atoms with van der Waals surface area (Å²) in [5.41, 5.74) is -0.0796. The van der Waals surface area contributed by atoms with Crippen LogP contribution in [-0.2, 0) is 7.05 Å². The summed E-state index contributed by atoms with van der Waals surface area (Å²) < 4.78 is 1.45. The van der Waals surface area contributed by atoms with Crippen LogP contribution in [0, 0.1) is 0 Å². The van der Waals surface area contributed by atoms with Crippen LogP contribution in [0.1, 0.15) is 0 Å². The minimum absolute atomic E-state index is 0.339. The minimum Gasteiger partial charge on any atom is -0.296 e. The minimum atomic E-state index is -0.391. The largest absolute Gasteiger partial charge is 0.328 e. The standard InChI is InChI=1S/C13H10N2O2/c1-15-11-7-9-5-3-2-4-8(9)6-10(11)12(16)14-13(15)17/h2-7H,1H3,(H,14,16,17). The van der Waals surface area contributed by atoms with Crippen LogP contribution in [0.2, 0.25) is 0 Å². The van der Waals surface area contributed by atoms with E-state index in [0.29, 0.717) is 10.9 Å². The third kappa shape index (κ3) is 1.38. The normalized spacial score (nSPS) is 11.1. The highest BCUT2D eigenvalue weighted by molar-refractivity contribution is 5.96. The summed E-state index contributed by atoms with van der Waals surface area (Å²) in [6, 6.07) is 11.4. The quantitative estimate of drug-likeness (QED) is 0.589. The Bertz CT molecular complexity index is 843. The van der Waals surface area contributed by atoms with Gasteiger partial charge in [0.1, 0.15) is 0 Å². The summed E-state index contributed by atoms with van der Waals surface area (Å²) in [5, 5.41) is 2.54. The van der Waals surface area contributed by atoms with E-state index in [0.717, 1.165) is 10.8 Å². The average molecular weight is 226 g/mol. The summed E-state index contributed by atoms with van der Waals surface area (Å²) in [5.74, 6) is 0. The first-order valence-corrected chi connectivity index (χ1v) is 5.28. The number of aromatic amines is 1. The molecule has 0 amide bonds. The van der Waals surface area contributed by atoms with E-state index >= 15 is 0 Å². The van der Waals surface area contributed by atoms with Crippen molar-refractivity contribution in [3.8, 4) is 0 Å². The highest BCUT2D eigenvalue weighted by Gasteiger charge is 2.05. The van der Waals surface area contributed by atoms with Crippen LogP contribution in [0.15, 0.2) is 46.0 Å². The summed E-state index contributed by atoms with van der Waals surface area (Å²) in [4.78, 5) is 25.5. The molecule has 1 heterocycles. The number of rotatable bonds is 0. The Morgan fingerprint density at radius 2 is 1.71 bits per heavy atom. The molecule has 3 rings (SSSR count). The van der Waals surface area contributed by atoms with Gasteiger partial charge in [-0.15, -0.1) is 0 Å². The van der Waals surface area contributed by atoms with Gasteiger partial charge in [-0.05, 0) is 22.9 Å². The first-order valence-electron chi connectivity index (χ1n) is 5.28. The number of hydrogen-bond acceptors (Lipinski definition) is 2. The smallest absolute Gasteiger partial charge is 0.296 e. The van der Waals surface area contributed by atoms with Crippen molar-refractivity contribution >= 4 is 21.7 Å². The van der Waals surface area contributed by atoms with Crippen LogP contribution in [0.5, 0.6) is 0 Å². The highest BCUT2D eigenvalue weighted by Crippen LogP contribution is 2.18. The van der Waals surface area contributed by atoms with Gasteiger partial charge in [0, 0.05) is 7.05 Å². The third-order valence-electron chi connectivity index (χ3n) is 3.00. The Morgan fingerprint density at radius 3 is 2.41 bits per heavy atom. The summed E-state index contributed by atoms with van der Waals surface area (Å²) >= 11 is 0. The lowest BCUT2D eigenvalue weighted by Gasteiger charge is -2.05. The van der Waals surface area contributed by atoms with Gasteiger partial charge < -0.3 is 0 Å². The second-order valence-electron chi connectivity index (χ2n) is 4.03. The molecule has 4 nitrogen and oxygen atoms in total. The number of fused-ring (bicyclic) bond motifs is 2. The second-order valence-corrected chi connectivity index (χ2v) is 4.03. The van der Waals surface area contributed by atoms with Crippen LogP contribution in [0.25, 0.3) is 21.7 Å². The first-order chi connectivity index (χ1) is 8.16. The molecular weight excluding hydrogens is 216 g/mol. The molecule has 0 unspecified atom stereocenters. The topological polar surface area (TPSA) is 54.9 Å². The monoisotopic (exact) mass is 226 g/mol. The Balaban J connectivity index is 2.65. The molecule has 0 spiro atoms. The molecule has 84 valence electrons. The molecule has 1 N–H and O–H groups in total. The van der Waals surface area contributed by atoms with Gasteiger partial charge >= 0.3 is 5.69 Å². The fraction of sp³-hybridized carbons (Fsp3) is 0.0769. The first kappa shape index (κ1) is 9.84. The molecular formula is C13H10N2O2. The molecule has 0 saturated carbocycles. The molecule has 17 heavy (non-hydrogen) atoms. The van der Waals surface area contributed by atoms with E-state index in [9.17, 15) is 9.59 Å². The van der Waals surface area contributed by atoms with Crippen LogP contribution in [0.3, 0.4) is 0 Å². The number of H-pyrrole nitrogens is 1. The van der Waals surface area contributed by atoms with Gasteiger partial charge in [0.25, 0.3) is 5.56 Å². The van der Waals surface area contributed by atoms with Crippen molar-refractivity contribution in [3.05, 3.63) is 57.2 Å². The lowest BCUT2D eigenvalue weighted by Crippen LogP contribution is -2.28. The van der Waals surface area contributed by atoms with Crippen molar-refractivity contribution in [2.45, 2.75) is 0 Å². The van der Waals surface area contributed by atoms with E-state index < -0.39 is 5.69 Å². The summed E-state index contributed by atoms with van der Waals surface area (Å²) in [7, 11) is 1.65. The molecule has 0 aliphatic rings. The van der Waals surface area contributed by atoms with Gasteiger partial charge in [-0.2, -0.15) is 0 Å². The molecule has 1 aromatic heterocycles. The zero-order valence-electron chi connectivity index (χ0n) is 9.23. The lowest BCUT2D eigenvalue weighted by atomic mass is 10.1. The summed E-state index contributed by atoms with van der Waals surface area (Å²) in [6.45, 7) is 0. The predicted octanol–water partition coefficient (Wildman–Crippen LogP) is 1.38. The molecule has 0 aliphatic carbocycles. The zero-order chi connectivity index (χ0) is 12.0. The van der Waals surface area contributed by atoms with Crippen molar-refractivity contribution in [3.63, 3.8) is 0 Å². The number of nitrogens with zero attached hydrogens (tertiary/aromatic N) is 1. The highest BCUT2D eigenvalue weighted by atomic mass is 16.2. The Labute approximate surface area is 96.1 Å². The Hall–Kier alpha value is -2.36. The maximum atomic E-state index is 11.7. The molecule has 0 saturated heterocycles. The Morgan fingerprint density at radius 1 is 1.06 bits per heavy atom. The van der Waals surface area contributed by atoms with Crippen LogP contribution in [0.4, 0.5) is 0 Å². The van der Waals surface area contributed by atoms with Crippen molar-refractivity contribution in [1.82, 2.24) is 9.55 Å². The van der Waals surface area contributed by atoms with E-state index in [2.05, 4.69) is 4.98 Å². The fourth-order valence-electron chi connectivity index (χ4n) is 2.05. The molecule has 4 heteroatoms. The molecule has 0 atom stereocenters. The van der Waals surface area contributed by atoms with Gasteiger partial charge in [0.15, 0.2) is 0 Å². The Kier molecular flexibility index (Phi) is 1.92. The van der Waals surface area contributed by atoms with Gasteiger partial charge in [0.05, 0.1) is 10.9 Å². The van der Waals surface area contributed by atoms with Gasteiger partial charge in [0.2, 0.25) is 0 Å². The number of aryl methyl sites for hydroxylation is 1. The molecule has 0 fully saturated rings. The van der Waals surface area contributed by atoms with Crippen LogP contribution >= 0.6 is 0 Å².